The van der Waals surface area contributed by atoms with Crippen LogP contribution < -0.4 is 19.5 Å². The highest BCUT2D eigenvalue weighted by Crippen LogP contribution is 2.28. The second kappa shape index (κ2) is 13.4. The molecular weight excluding hydrogens is 584 g/mol. The van der Waals surface area contributed by atoms with Crippen LogP contribution >= 0.6 is 0 Å². The van der Waals surface area contributed by atoms with Crippen LogP contribution in [0.4, 0.5) is 11.4 Å². The van der Waals surface area contributed by atoms with Crippen molar-refractivity contribution in [3.05, 3.63) is 114 Å². The van der Waals surface area contributed by atoms with Gasteiger partial charge in [0.05, 0.1) is 34.4 Å². The average molecular weight is 613 g/mol. The second-order valence-corrected chi connectivity index (χ2v) is 11.8. The van der Waals surface area contributed by atoms with E-state index in [2.05, 4.69) is 19.9 Å². The Morgan fingerprint density at radius 3 is 2.32 bits per heavy atom. The highest BCUT2D eigenvalue weighted by Gasteiger charge is 2.27. The summed E-state index contributed by atoms with van der Waals surface area (Å²) in [5.41, 5.74) is 0.680. The van der Waals surface area contributed by atoms with Crippen molar-refractivity contribution >= 4 is 33.3 Å². The van der Waals surface area contributed by atoms with Gasteiger partial charge in [0.25, 0.3) is 5.91 Å². The van der Waals surface area contributed by atoms with Crippen LogP contribution in [0.15, 0.2) is 96.0 Å². The van der Waals surface area contributed by atoms with Crippen molar-refractivity contribution in [1.82, 2.24) is 9.71 Å². The number of hydrogen-bond donors (Lipinski definition) is 3. The summed E-state index contributed by atoms with van der Waals surface area (Å²) >= 11 is 0. The van der Waals surface area contributed by atoms with Gasteiger partial charge in [0.2, 0.25) is 15.9 Å². The number of aromatic nitrogens is 1. The van der Waals surface area contributed by atoms with Gasteiger partial charge in [-0.2, -0.15) is 0 Å². The lowest BCUT2D eigenvalue weighted by atomic mass is 9.94. The van der Waals surface area contributed by atoms with Crippen molar-refractivity contribution in [1.29, 1.82) is 0 Å². The Bertz CT molecular complexity index is 1800. The third-order valence-electron chi connectivity index (χ3n) is 7.01. The summed E-state index contributed by atoms with van der Waals surface area (Å²) in [6.07, 6.45) is 3.89. The number of amides is 1. The van der Waals surface area contributed by atoms with E-state index in [1.807, 2.05) is 0 Å². The minimum atomic E-state index is -3.72. The van der Waals surface area contributed by atoms with E-state index in [1.54, 1.807) is 48.5 Å². The third kappa shape index (κ3) is 7.57. The van der Waals surface area contributed by atoms with Crippen LogP contribution in [0.25, 0.3) is 4.85 Å². The lowest BCUT2D eigenvalue weighted by Crippen LogP contribution is -2.39. The molecular formula is C32H28N4O7S. The van der Waals surface area contributed by atoms with Gasteiger partial charge in [0, 0.05) is 18.3 Å². The number of nitrogens with zero attached hydrogens (tertiary/aromatic N) is 2. The Morgan fingerprint density at radius 2 is 1.64 bits per heavy atom. The monoisotopic (exact) mass is 612 g/mol. The number of hydrogen-bond acceptors (Lipinski definition) is 7. The summed E-state index contributed by atoms with van der Waals surface area (Å²) in [5, 5.41) is 11.9. The maximum absolute atomic E-state index is 12.8. The number of carboxylic acid groups (broad SMARTS) is 1. The van der Waals surface area contributed by atoms with Crippen LogP contribution in [0.2, 0.25) is 0 Å². The molecule has 11 nitrogen and oxygen atoms in total. The van der Waals surface area contributed by atoms with Gasteiger partial charge in [-0.05, 0) is 80.3 Å². The van der Waals surface area contributed by atoms with E-state index >= 15 is 0 Å². The van der Waals surface area contributed by atoms with E-state index in [9.17, 15) is 23.1 Å². The first kappa shape index (κ1) is 30.2. The summed E-state index contributed by atoms with van der Waals surface area (Å²) in [6.45, 7) is 7.10. The molecule has 0 spiro atoms. The first-order chi connectivity index (χ1) is 21.2. The first-order valence-corrected chi connectivity index (χ1v) is 15.2. The maximum Gasteiger partial charge on any atom is 0.337 e. The Morgan fingerprint density at radius 1 is 0.909 bits per heavy atom. The molecule has 4 aromatic rings. The molecule has 1 saturated carbocycles. The zero-order valence-electron chi connectivity index (χ0n) is 23.3. The fraction of sp³-hybridized carbons (Fsp3) is 0.188. The molecule has 0 aliphatic heterocycles. The summed E-state index contributed by atoms with van der Waals surface area (Å²) in [5.74, 6) is -0.217. The van der Waals surface area contributed by atoms with Gasteiger partial charge in [-0.25, -0.2) is 27.8 Å². The number of nitrogens with one attached hydrogen (secondary N) is 2. The largest absolute Gasteiger partial charge is 0.490 e. The van der Waals surface area contributed by atoms with Gasteiger partial charge in [-0.1, -0.05) is 24.3 Å². The minimum Gasteiger partial charge on any atom is -0.490 e. The lowest BCUT2D eigenvalue weighted by molar-refractivity contribution is 0.0698. The number of sulfonamides is 1. The third-order valence-corrected chi connectivity index (χ3v) is 8.52. The predicted octanol–water partition coefficient (Wildman–Crippen LogP) is 6.04. The normalized spacial score (nSPS) is 16.3. The number of para-hydroxylation sites is 1. The first-order valence-electron chi connectivity index (χ1n) is 13.7. The SMILES string of the molecule is [C-]#[N+]c1cccc(S(=O)(=O)NC2CCC(Oc3ccc(Oc4ccc(C(=O)Nc5ccccc5C(=O)O)cn4)cc3)CC2)c1. The maximum atomic E-state index is 12.8. The molecule has 3 N–H and O–H groups in total. The fourth-order valence-electron chi connectivity index (χ4n) is 4.75. The van der Waals surface area contributed by atoms with Crippen LogP contribution in [0, 0.1) is 6.57 Å². The van der Waals surface area contributed by atoms with Gasteiger partial charge in [0.1, 0.15) is 11.5 Å². The van der Waals surface area contributed by atoms with Gasteiger partial charge in [0.15, 0.2) is 5.69 Å². The Hall–Kier alpha value is -5.25. The van der Waals surface area contributed by atoms with E-state index in [0.29, 0.717) is 37.2 Å². The van der Waals surface area contributed by atoms with E-state index in [-0.39, 0.29) is 45.4 Å². The van der Waals surface area contributed by atoms with Crippen molar-refractivity contribution in [3.8, 4) is 17.4 Å². The van der Waals surface area contributed by atoms with Gasteiger partial charge in [-0.15, -0.1) is 0 Å². The number of aromatic carboxylic acids is 1. The molecule has 1 aliphatic carbocycles. The molecule has 1 aromatic heterocycles. The van der Waals surface area contributed by atoms with E-state index < -0.39 is 21.9 Å². The number of carbonyl (C=O) groups is 2. The molecule has 1 heterocycles. The number of ether oxygens (including phenoxy) is 2. The van der Waals surface area contributed by atoms with Crippen LogP contribution in [0.3, 0.4) is 0 Å². The summed E-state index contributed by atoms with van der Waals surface area (Å²) < 4.78 is 40.1. The molecule has 44 heavy (non-hydrogen) atoms. The molecule has 1 fully saturated rings. The number of rotatable bonds is 10. The Balaban J connectivity index is 1.10. The van der Waals surface area contributed by atoms with Crippen molar-refractivity contribution in [2.24, 2.45) is 0 Å². The lowest BCUT2D eigenvalue weighted by Gasteiger charge is -2.29. The Labute approximate surface area is 254 Å². The van der Waals surface area contributed by atoms with Crippen LogP contribution in [-0.4, -0.2) is 42.5 Å². The van der Waals surface area contributed by atoms with Crippen molar-refractivity contribution in [2.45, 2.75) is 42.7 Å². The van der Waals surface area contributed by atoms with Crippen molar-refractivity contribution in [3.63, 3.8) is 0 Å². The highest BCUT2D eigenvalue weighted by atomic mass is 32.2. The van der Waals surface area contributed by atoms with Gasteiger partial charge < -0.3 is 19.9 Å². The smallest absolute Gasteiger partial charge is 0.337 e. The molecule has 0 bridgehead atoms. The number of carbonyl (C=O) groups excluding carboxylic acids is 1. The molecule has 12 heteroatoms. The Kier molecular flexibility index (Phi) is 9.18. The van der Waals surface area contributed by atoms with Crippen LogP contribution in [0.5, 0.6) is 17.4 Å². The van der Waals surface area contributed by atoms with E-state index in [4.69, 9.17) is 16.0 Å². The molecule has 3 aromatic carbocycles. The average Bonchev–Trinajstić information content (AvgIpc) is 3.03. The molecule has 1 amide bonds. The van der Waals surface area contributed by atoms with Crippen molar-refractivity contribution in [2.75, 3.05) is 5.32 Å². The van der Waals surface area contributed by atoms with Crippen molar-refractivity contribution < 1.29 is 32.6 Å². The topological polar surface area (TPSA) is 148 Å². The molecule has 0 atom stereocenters. The molecule has 0 saturated heterocycles. The molecule has 224 valence electrons. The minimum absolute atomic E-state index is 0.0161. The molecule has 5 rings (SSSR count). The number of pyridine rings is 1. The summed E-state index contributed by atoms with van der Waals surface area (Å²) in [6, 6.07) is 22.0. The van der Waals surface area contributed by atoms with Crippen LogP contribution in [0.1, 0.15) is 46.4 Å². The molecule has 0 unspecified atom stereocenters. The summed E-state index contributed by atoms with van der Waals surface area (Å²) in [4.78, 5) is 31.5. The second-order valence-electron chi connectivity index (χ2n) is 10.1. The van der Waals surface area contributed by atoms with E-state index in [1.165, 1.54) is 42.6 Å². The fourth-order valence-corrected chi connectivity index (χ4v) is 6.10. The highest BCUT2D eigenvalue weighted by molar-refractivity contribution is 7.89. The van der Waals surface area contributed by atoms with Gasteiger partial charge in [-0.3, -0.25) is 4.79 Å². The molecule has 0 radical (unpaired) electrons. The standard InChI is InChI=1S/C32H28N4O7S/c1-33-23-5-4-6-27(19-23)44(40,41)36-22-10-12-24(13-11-22)42-25-14-16-26(17-15-25)43-30-18-9-21(20-34-30)31(37)35-29-8-3-2-7-28(29)32(38)39/h2-9,14-20,22,24,36H,10-13H2,(H,35,37)(H,38,39). The number of benzene rings is 3. The quantitative estimate of drug-likeness (QED) is 0.184. The zero-order valence-corrected chi connectivity index (χ0v) is 24.2. The van der Waals surface area contributed by atoms with Gasteiger partial charge >= 0.3 is 5.97 Å². The predicted molar refractivity (Wildman–Crippen MR) is 162 cm³/mol. The number of anilines is 1. The zero-order chi connectivity index (χ0) is 31.1. The summed E-state index contributed by atoms with van der Waals surface area (Å²) in [7, 11) is -3.72. The van der Waals surface area contributed by atoms with Crippen LogP contribution in [-0.2, 0) is 10.0 Å². The van der Waals surface area contributed by atoms with E-state index in [0.717, 1.165) is 0 Å². The molecule has 1 aliphatic rings. The number of carboxylic acids is 1.